The molecule has 3 atom stereocenters. The lowest BCUT2D eigenvalue weighted by Gasteiger charge is -2.42. The molecule has 1 N–H and O–H groups in total. The Morgan fingerprint density at radius 3 is 1.63 bits per heavy atom. The standard InChI is InChI=1S/C20H41F9O5Si4/c1-35(14-8-18(21,22)23)32-37(4,16-9-19(24,25)26)34-38(5,17-10-20(27,28)29)33-36(2,3)15-7-6-12-31-13-11-30/h30,35H,6-17H2,1-5H3. The van der Waals surface area contributed by atoms with E-state index in [1.165, 1.54) is 19.6 Å². The average Bonchev–Trinajstić information content (AvgIpc) is 2.70. The van der Waals surface area contributed by atoms with E-state index in [0.29, 0.717) is 25.5 Å². The van der Waals surface area contributed by atoms with Crippen molar-refractivity contribution in [1.29, 1.82) is 0 Å². The average molecular weight is 645 g/mol. The zero-order chi connectivity index (χ0) is 29.9. The van der Waals surface area contributed by atoms with Crippen molar-refractivity contribution in [2.24, 2.45) is 0 Å². The van der Waals surface area contributed by atoms with Crippen molar-refractivity contribution in [3.05, 3.63) is 0 Å². The van der Waals surface area contributed by atoms with Gasteiger partial charge < -0.3 is 22.2 Å². The molecule has 230 valence electrons. The first-order valence-corrected chi connectivity index (χ1v) is 23.1. The van der Waals surface area contributed by atoms with E-state index in [-0.39, 0.29) is 19.3 Å². The third-order valence-electron chi connectivity index (χ3n) is 5.49. The molecule has 0 aliphatic rings. The second kappa shape index (κ2) is 15.9. The molecule has 0 aromatic carbocycles. The van der Waals surface area contributed by atoms with Crippen molar-refractivity contribution in [3.63, 3.8) is 0 Å². The van der Waals surface area contributed by atoms with E-state index in [1.807, 2.05) is 0 Å². The van der Waals surface area contributed by atoms with E-state index < -0.39 is 84.4 Å². The molecule has 0 radical (unpaired) electrons. The van der Waals surface area contributed by atoms with Crippen molar-refractivity contribution in [2.45, 2.75) is 108 Å². The molecule has 0 aliphatic carbocycles. The van der Waals surface area contributed by atoms with Crippen LogP contribution in [0.4, 0.5) is 39.5 Å². The van der Waals surface area contributed by atoms with Crippen LogP contribution in [0.3, 0.4) is 0 Å². The molecule has 0 amide bonds. The predicted molar refractivity (Wildman–Crippen MR) is 135 cm³/mol. The van der Waals surface area contributed by atoms with Crippen LogP contribution in [0.2, 0.25) is 56.9 Å². The highest BCUT2D eigenvalue weighted by Gasteiger charge is 2.49. The zero-order valence-electron chi connectivity index (χ0n) is 22.5. The molecule has 0 saturated carbocycles. The van der Waals surface area contributed by atoms with Gasteiger partial charge in [0.15, 0.2) is 17.4 Å². The molecule has 5 nitrogen and oxygen atoms in total. The van der Waals surface area contributed by atoms with Crippen LogP contribution in [0, 0.1) is 0 Å². The summed E-state index contributed by atoms with van der Waals surface area (Å²) < 4.78 is 140. The highest BCUT2D eigenvalue weighted by Crippen LogP contribution is 2.36. The Morgan fingerprint density at radius 2 is 1.16 bits per heavy atom. The molecule has 0 aliphatic heterocycles. The Kier molecular flexibility index (Phi) is 15.9. The Morgan fingerprint density at radius 1 is 0.658 bits per heavy atom. The van der Waals surface area contributed by atoms with E-state index in [9.17, 15) is 39.5 Å². The Bertz CT molecular complexity index is 668. The summed E-state index contributed by atoms with van der Waals surface area (Å²) in [7, 11) is -13.0. The maximum Gasteiger partial charge on any atom is 0.389 e. The lowest BCUT2D eigenvalue weighted by atomic mass is 10.4. The quantitative estimate of drug-likeness (QED) is 0.0904. The number of hydrogen-bond donors (Lipinski definition) is 1. The molecular formula is C20H41F9O5Si4. The molecule has 3 unspecified atom stereocenters. The largest absolute Gasteiger partial charge is 0.439 e. The number of alkyl halides is 9. The first-order valence-electron chi connectivity index (χ1n) is 12.5. The summed E-state index contributed by atoms with van der Waals surface area (Å²) in [6.45, 7) is 8.06. The number of ether oxygens (including phenoxy) is 1. The van der Waals surface area contributed by atoms with Crippen LogP contribution in [0.5, 0.6) is 0 Å². The minimum atomic E-state index is -4.60. The van der Waals surface area contributed by atoms with Crippen molar-refractivity contribution >= 4 is 34.5 Å². The van der Waals surface area contributed by atoms with Gasteiger partial charge in [0.25, 0.3) is 0 Å². The van der Waals surface area contributed by atoms with Crippen molar-refractivity contribution in [2.75, 3.05) is 19.8 Å². The van der Waals surface area contributed by atoms with Gasteiger partial charge in [-0.2, -0.15) is 39.5 Å². The van der Waals surface area contributed by atoms with Crippen LogP contribution >= 0.6 is 0 Å². The molecule has 0 rings (SSSR count). The summed E-state index contributed by atoms with van der Waals surface area (Å²) in [4.78, 5) is 0. The van der Waals surface area contributed by atoms with E-state index in [1.54, 1.807) is 13.1 Å². The molecule has 0 bridgehead atoms. The molecule has 0 fully saturated rings. The monoisotopic (exact) mass is 644 g/mol. The summed E-state index contributed by atoms with van der Waals surface area (Å²) in [5.74, 6) is 0. The van der Waals surface area contributed by atoms with Crippen molar-refractivity contribution in [1.82, 2.24) is 0 Å². The number of aliphatic hydroxyl groups is 1. The lowest BCUT2D eigenvalue weighted by molar-refractivity contribution is -0.132. The second-order valence-electron chi connectivity index (χ2n) is 10.3. The fourth-order valence-electron chi connectivity index (χ4n) is 3.86. The highest BCUT2D eigenvalue weighted by molar-refractivity contribution is 6.88. The van der Waals surface area contributed by atoms with Gasteiger partial charge in [-0.15, -0.1) is 0 Å². The van der Waals surface area contributed by atoms with Crippen molar-refractivity contribution < 1.29 is 61.7 Å². The number of hydrogen-bond acceptors (Lipinski definition) is 5. The van der Waals surface area contributed by atoms with Gasteiger partial charge in [-0.1, -0.05) is 6.42 Å². The summed E-state index contributed by atoms with van der Waals surface area (Å²) in [6, 6.07) is -1.08. The number of halogens is 9. The third kappa shape index (κ3) is 20.9. The van der Waals surface area contributed by atoms with Crippen LogP contribution in [0.25, 0.3) is 0 Å². The van der Waals surface area contributed by atoms with Crippen LogP contribution < -0.4 is 0 Å². The van der Waals surface area contributed by atoms with Gasteiger partial charge in [0.05, 0.1) is 13.2 Å². The smallest absolute Gasteiger partial charge is 0.389 e. The van der Waals surface area contributed by atoms with E-state index in [2.05, 4.69) is 0 Å². The third-order valence-corrected chi connectivity index (χ3v) is 21.5. The van der Waals surface area contributed by atoms with Crippen LogP contribution in [-0.2, 0) is 17.1 Å². The molecule has 0 aromatic rings. The molecular weight excluding hydrogens is 604 g/mol. The van der Waals surface area contributed by atoms with E-state index >= 15 is 0 Å². The van der Waals surface area contributed by atoms with Gasteiger partial charge in [-0.3, -0.25) is 0 Å². The summed E-state index contributed by atoms with van der Waals surface area (Å²) >= 11 is 0. The number of aliphatic hydroxyl groups excluding tert-OH is 1. The first kappa shape index (κ1) is 38.0. The molecule has 0 aromatic heterocycles. The van der Waals surface area contributed by atoms with Gasteiger partial charge in [0.2, 0.25) is 0 Å². The molecule has 38 heavy (non-hydrogen) atoms. The Hall–Kier alpha value is 0.0375. The SMILES string of the molecule is C[SiH](CCC(F)(F)F)O[Si](C)(CCC(F)(F)F)O[Si](C)(CCC(F)(F)F)O[Si](C)(C)CCCCOCCO. The van der Waals surface area contributed by atoms with Crippen LogP contribution in [0.15, 0.2) is 0 Å². The number of rotatable bonds is 19. The highest BCUT2D eigenvalue weighted by atomic mass is 28.5. The number of unbranched alkanes of at least 4 members (excludes halogenated alkanes) is 1. The van der Waals surface area contributed by atoms with Gasteiger partial charge in [0.1, 0.15) is 0 Å². The maximum absolute atomic E-state index is 13.2. The fourth-order valence-corrected chi connectivity index (χ4v) is 22.6. The summed E-state index contributed by atoms with van der Waals surface area (Å²) in [6.07, 6.45) is -16.1. The summed E-state index contributed by atoms with van der Waals surface area (Å²) in [5.41, 5.74) is 0. The van der Waals surface area contributed by atoms with Crippen molar-refractivity contribution in [3.8, 4) is 0 Å². The predicted octanol–water partition coefficient (Wildman–Crippen LogP) is 7.39. The first-order chi connectivity index (χ1) is 17.0. The van der Waals surface area contributed by atoms with Gasteiger partial charge >= 0.3 is 35.7 Å². The van der Waals surface area contributed by atoms with Gasteiger partial charge in [-0.25, -0.2) is 0 Å². The Balaban J connectivity index is 5.76. The molecule has 0 spiro atoms. The Labute approximate surface area is 223 Å². The molecule has 0 saturated heterocycles. The van der Waals surface area contributed by atoms with Gasteiger partial charge in [0, 0.05) is 25.9 Å². The topological polar surface area (TPSA) is 57.2 Å². The molecule has 18 heteroatoms. The lowest BCUT2D eigenvalue weighted by Crippen LogP contribution is -2.57. The maximum atomic E-state index is 13.2. The van der Waals surface area contributed by atoms with Crippen LogP contribution in [0.1, 0.15) is 32.1 Å². The molecule has 0 heterocycles. The van der Waals surface area contributed by atoms with Gasteiger partial charge in [-0.05, 0) is 63.3 Å². The fraction of sp³-hybridized carbons (Fsp3) is 1.00. The normalized spacial score (nSPS) is 17.8. The zero-order valence-corrected chi connectivity index (χ0v) is 26.7. The van der Waals surface area contributed by atoms with E-state index in [0.717, 1.165) is 0 Å². The minimum Gasteiger partial charge on any atom is -0.439 e. The summed E-state index contributed by atoms with van der Waals surface area (Å²) in [5, 5.41) is 8.74. The van der Waals surface area contributed by atoms with Crippen LogP contribution in [-0.4, -0.2) is 77.9 Å². The minimum absolute atomic E-state index is 0.124. The van der Waals surface area contributed by atoms with E-state index in [4.69, 9.17) is 22.2 Å². The second-order valence-corrected chi connectivity index (χ2v) is 24.7.